The van der Waals surface area contributed by atoms with Crippen LogP contribution in [0.15, 0.2) is 24.3 Å². The van der Waals surface area contributed by atoms with E-state index < -0.39 is 0 Å². The molecular formula is C17H23FN4O. The van der Waals surface area contributed by atoms with Crippen LogP contribution in [0.4, 0.5) is 4.39 Å². The maximum absolute atomic E-state index is 13.0. The molecule has 0 aliphatic heterocycles. The summed E-state index contributed by atoms with van der Waals surface area (Å²) in [6, 6.07) is 6.04. The summed E-state index contributed by atoms with van der Waals surface area (Å²) in [6.45, 7) is 10.5. The Kier molecular flexibility index (Phi) is 5.13. The number of aryl methyl sites for hydroxylation is 1. The number of hydrogen-bond donors (Lipinski definition) is 0. The van der Waals surface area contributed by atoms with Crippen LogP contribution < -0.4 is 0 Å². The van der Waals surface area contributed by atoms with Crippen LogP contribution in [-0.4, -0.2) is 38.2 Å². The van der Waals surface area contributed by atoms with E-state index in [9.17, 15) is 9.18 Å². The van der Waals surface area contributed by atoms with Gasteiger partial charge in [-0.3, -0.25) is 4.79 Å². The molecule has 1 amide bonds. The van der Waals surface area contributed by atoms with Gasteiger partial charge in [0.2, 0.25) is 5.82 Å². The van der Waals surface area contributed by atoms with E-state index in [1.54, 1.807) is 28.6 Å². The van der Waals surface area contributed by atoms with E-state index in [4.69, 9.17) is 0 Å². The summed E-state index contributed by atoms with van der Waals surface area (Å²) in [5, 5.41) is 4.31. The molecule has 0 saturated heterocycles. The lowest BCUT2D eigenvalue weighted by molar-refractivity contribution is 0.0648. The van der Waals surface area contributed by atoms with Crippen molar-refractivity contribution < 1.29 is 9.18 Å². The third-order valence-electron chi connectivity index (χ3n) is 4.09. The summed E-state index contributed by atoms with van der Waals surface area (Å²) >= 11 is 0. The van der Waals surface area contributed by atoms with Crippen molar-refractivity contribution in [3.05, 3.63) is 41.7 Å². The van der Waals surface area contributed by atoms with Gasteiger partial charge in [-0.15, -0.1) is 5.10 Å². The first kappa shape index (κ1) is 17.1. The summed E-state index contributed by atoms with van der Waals surface area (Å²) in [6.07, 6.45) is 0. The van der Waals surface area contributed by atoms with Gasteiger partial charge in [-0.25, -0.2) is 14.1 Å². The fourth-order valence-corrected chi connectivity index (χ4v) is 2.41. The van der Waals surface area contributed by atoms with E-state index in [1.165, 1.54) is 12.1 Å². The van der Waals surface area contributed by atoms with Gasteiger partial charge in [-0.1, -0.05) is 13.8 Å². The average molecular weight is 318 g/mol. The van der Waals surface area contributed by atoms with Crippen LogP contribution in [0, 0.1) is 18.7 Å². The zero-order chi connectivity index (χ0) is 17.1. The quantitative estimate of drug-likeness (QED) is 0.850. The van der Waals surface area contributed by atoms with Crippen molar-refractivity contribution in [3.8, 4) is 5.69 Å². The molecule has 0 bridgehead atoms. The second-order valence-electron chi connectivity index (χ2n) is 5.95. The molecule has 23 heavy (non-hydrogen) atoms. The number of halogens is 1. The van der Waals surface area contributed by atoms with Gasteiger partial charge >= 0.3 is 0 Å². The lowest BCUT2D eigenvalue weighted by Crippen LogP contribution is -2.41. The molecule has 6 heteroatoms. The Bertz CT molecular complexity index is 678. The number of amides is 1. The second kappa shape index (κ2) is 6.89. The normalized spacial score (nSPS) is 12.5. The Balaban J connectivity index is 2.32. The van der Waals surface area contributed by atoms with Crippen LogP contribution >= 0.6 is 0 Å². The lowest BCUT2D eigenvalue weighted by Gasteiger charge is -2.29. The van der Waals surface area contributed by atoms with E-state index >= 15 is 0 Å². The number of aromatic nitrogens is 3. The summed E-state index contributed by atoms with van der Waals surface area (Å²) in [5.74, 6) is 0.608. The molecule has 0 N–H and O–H groups in total. The molecular weight excluding hydrogens is 295 g/mol. The van der Waals surface area contributed by atoms with Crippen molar-refractivity contribution in [3.63, 3.8) is 0 Å². The molecule has 0 fully saturated rings. The molecule has 1 aromatic heterocycles. The molecule has 0 aliphatic carbocycles. The van der Waals surface area contributed by atoms with Crippen LogP contribution in [0.3, 0.4) is 0 Å². The molecule has 0 radical (unpaired) electrons. The largest absolute Gasteiger partial charge is 0.333 e. The molecule has 5 nitrogen and oxygen atoms in total. The van der Waals surface area contributed by atoms with Crippen molar-refractivity contribution in [1.82, 2.24) is 19.7 Å². The van der Waals surface area contributed by atoms with Crippen LogP contribution in [-0.2, 0) is 0 Å². The first-order valence-corrected chi connectivity index (χ1v) is 7.85. The average Bonchev–Trinajstić information content (AvgIpc) is 2.90. The van der Waals surface area contributed by atoms with Crippen LogP contribution in [0.5, 0.6) is 0 Å². The Morgan fingerprint density at radius 2 is 1.87 bits per heavy atom. The zero-order valence-corrected chi connectivity index (χ0v) is 14.2. The van der Waals surface area contributed by atoms with Crippen molar-refractivity contribution in [2.75, 3.05) is 6.54 Å². The molecule has 2 aromatic rings. The van der Waals surface area contributed by atoms with Gasteiger partial charge in [0, 0.05) is 12.6 Å². The van der Waals surface area contributed by atoms with Gasteiger partial charge < -0.3 is 4.90 Å². The summed E-state index contributed by atoms with van der Waals surface area (Å²) in [5.41, 5.74) is 0.676. The zero-order valence-electron chi connectivity index (χ0n) is 14.2. The highest BCUT2D eigenvalue weighted by atomic mass is 19.1. The Morgan fingerprint density at radius 3 is 2.39 bits per heavy atom. The first-order chi connectivity index (χ1) is 10.8. The van der Waals surface area contributed by atoms with Gasteiger partial charge in [0.25, 0.3) is 5.91 Å². The van der Waals surface area contributed by atoms with Crippen LogP contribution in [0.25, 0.3) is 5.69 Å². The fourth-order valence-electron chi connectivity index (χ4n) is 2.41. The molecule has 1 unspecified atom stereocenters. The summed E-state index contributed by atoms with van der Waals surface area (Å²) < 4.78 is 14.6. The SMILES string of the molecule is CCN(C(=O)c1nc(C)n(-c2ccc(F)cc2)n1)C(C)C(C)C. The molecule has 124 valence electrons. The third-order valence-corrected chi connectivity index (χ3v) is 4.09. The summed E-state index contributed by atoms with van der Waals surface area (Å²) in [4.78, 5) is 18.8. The highest BCUT2D eigenvalue weighted by Gasteiger charge is 2.26. The van der Waals surface area contributed by atoms with E-state index in [-0.39, 0.29) is 23.6 Å². The van der Waals surface area contributed by atoms with Crippen LogP contribution in [0.2, 0.25) is 0 Å². The highest BCUT2D eigenvalue weighted by Crippen LogP contribution is 2.15. The number of rotatable bonds is 5. The van der Waals surface area contributed by atoms with Gasteiger partial charge in [-0.05, 0) is 51.0 Å². The Labute approximate surface area is 136 Å². The molecule has 0 spiro atoms. The van der Waals surface area contributed by atoms with Gasteiger partial charge in [-0.2, -0.15) is 0 Å². The maximum atomic E-state index is 13.0. The molecule has 0 saturated carbocycles. The summed E-state index contributed by atoms with van der Waals surface area (Å²) in [7, 11) is 0. The number of nitrogens with zero attached hydrogens (tertiary/aromatic N) is 4. The van der Waals surface area contributed by atoms with Crippen molar-refractivity contribution >= 4 is 5.91 Å². The van der Waals surface area contributed by atoms with Crippen LogP contribution in [0.1, 0.15) is 44.1 Å². The predicted molar refractivity (Wildman–Crippen MR) is 87.1 cm³/mol. The van der Waals surface area contributed by atoms with E-state index in [1.807, 2.05) is 13.8 Å². The monoisotopic (exact) mass is 318 g/mol. The Morgan fingerprint density at radius 1 is 1.26 bits per heavy atom. The standard InChI is InChI=1S/C17H23FN4O/c1-6-21(12(4)11(2)3)17(23)16-19-13(5)22(20-16)15-9-7-14(18)8-10-15/h7-12H,6H2,1-5H3. The van der Waals surface area contributed by atoms with Gasteiger partial charge in [0.1, 0.15) is 11.6 Å². The minimum atomic E-state index is -0.314. The van der Waals surface area contributed by atoms with Gasteiger partial charge in [0.05, 0.1) is 5.69 Å². The number of hydrogen-bond acceptors (Lipinski definition) is 3. The molecule has 2 rings (SSSR count). The number of benzene rings is 1. The topological polar surface area (TPSA) is 51.0 Å². The lowest BCUT2D eigenvalue weighted by atomic mass is 10.0. The van der Waals surface area contributed by atoms with E-state index in [0.29, 0.717) is 24.0 Å². The Hall–Kier alpha value is -2.24. The van der Waals surface area contributed by atoms with E-state index in [2.05, 4.69) is 23.9 Å². The van der Waals surface area contributed by atoms with Gasteiger partial charge in [0.15, 0.2) is 0 Å². The highest BCUT2D eigenvalue weighted by molar-refractivity contribution is 5.90. The first-order valence-electron chi connectivity index (χ1n) is 7.85. The van der Waals surface area contributed by atoms with E-state index in [0.717, 1.165) is 0 Å². The predicted octanol–water partition coefficient (Wildman–Crippen LogP) is 3.22. The minimum Gasteiger partial charge on any atom is -0.333 e. The van der Waals surface area contributed by atoms with Crippen molar-refractivity contribution in [1.29, 1.82) is 0 Å². The molecule has 0 aliphatic rings. The smallest absolute Gasteiger partial charge is 0.293 e. The number of carbonyl (C=O) groups is 1. The van der Waals surface area contributed by atoms with Crippen molar-refractivity contribution in [2.24, 2.45) is 5.92 Å². The number of carbonyl (C=O) groups excluding carboxylic acids is 1. The molecule has 1 heterocycles. The molecule has 1 atom stereocenters. The molecule has 1 aromatic carbocycles. The third kappa shape index (κ3) is 3.57. The minimum absolute atomic E-state index is 0.102. The fraction of sp³-hybridized carbons (Fsp3) is 0.471. The maximum Gasteiger partial charge on any atom is 0.293 e. The second-order valence-corrected chi connectivity index (χ2v) is 5.95. The van der Waals surface area contributed by atoms with Crippen molar-refractivity contribution in [2.45, 2.75) is 40.7 Å².